The number of aliphatic hydroxyl groups is 1. The van der Waals surface area contributed by atoms with E-state index in [4.69, 9.17) is 15.1 Å². The van der Waals surface area contributed by atoms with Crippen LogP contribution >= 0.6 is 42.3 Å². The summed E-state index contributed by atoms with van der Waals surface area (Å²) >= 11 is 3.05. The summed E-state index contributed by atoms with van der Waals surface area (Å²) < 4.78 is 21.8. The number of thiol groups is 1. The van der Waals surface area contributed by atoms with Gasteiger partial charge in [0.25, 0.3) is 5.56 Å². The lowest BCUT2D eigenvalue weighted by Gasteiger charge is -2.27. The van der Waals surface area contributed by atoms with Gasteiger partial charge < -0.3 is 15.2 Å². The van der Waals surface area contributed by atoms with Gasteiger partial charge in [0.2, 0.25) is 5.91 Å². The second-order valence-corrected chi connectivity index (χ2v) is 11.1. The number of carbonyl (C=O) groups excluding carboxylic acids is 1. The standard InChI is InChI=1S/C25H29FN6O4S.C3H5NO.HIS/c1-14(2)29-23(34)25(4,5)31-20(33)19-15(3)21(32-27-10-11-28-32)37-22(19)30(24(31)35)12-9-16-13-17(26)7-8-18(16)36-6;4-2-1-3-5;1-2/h7-8,10-11,13-14H,9,12H2,1-6H3,(H,29,34);5H,1,3H2;2H. The van der Waals surface area contributed by atoms with Crippen LogP contribution in [-0.2, 0) is 23.3 Å². The molecule has 44 heavy (non-hydrogen) atoms. The van der Waals surface area contributed by atoms with Gasteiger partial charge in [-0.25, -0.2) is 13.8 Å². The number of aryl methyl sites for hydroxylation is 3. The molecule has 0 aliphatic heterocycles. The third-order valence-electron chi connectivity index (χ3n) is 6.39. The Balaban J connectivity index is 0.000000876. The van der Waals surface area contributed by atoms with Gasteiger partial charge in [-0.15, -0.1) is 14.6 Å². The van der Waals surface area contributed by atoms with Crippen molar-refractivity contribution >= 4 is 58.5 Å². The maximum atomic E-state index is 14.0. The molecule has 1 aromatic carbocycles. The molecule has 12 nitrogen and oxygen atoms in total. The van der Waals surface area contributed by atoms with Crippen molar-refractivity contribution in [3.05, 3.63) is 68.4 Å². The molecule has 0 radical (unpaired) electrons. The molecule has 238 valence electrons. The van der Waals surface area contributed by atoms with Crippen LogP contribution in [-0.4, -0.2) is 54.9 Å². The zero-order valence-corrected chi connectivity index (χ0v) is 29.0. The molecule has 0 atom stereocenters. The minimum atomic E-state index is -1.48. The molecular weight excluding hydrogens is 724 g/mol. The van der Waals surface area contributed by atoms with Crippen LogP contribution in [0.15, 0.2) is 40.2 Å². The van der Waals surface area contributed by atoms with E-state index >= 15 is 0 Å². The quantitative estimate of drug-likeness (QED) is 0.171. The molecule has 3 aromatic heterocycles. The molecule has 3 heterocycles. The van der Waals surface area contributed by atoms with Crippen molar-refractivity contribution in [3.8, 4) is 16.8 Å². The van der Waals surface area contributed by atoms with Crippen molar-refractivity contribution in [3.63, 3.8) is 0 Å². The van der Waals surface area contributed by atoms with E-state index in [1.54, 1.807) is 26.8 Å². The molecule has 0 saturated carbocycles. The highest BCUT2D eigenvalue weighted by Crippen LogP contribution is 2.31. The third-order valence-corrected chi connectivity index (χ3v) is 7.67. The molecule has 1 amide bonds. The van der Waals surface area contributed by atoms with Gasteiger partial charge in [0.1, 0.15) is 26.9 Å². The average Bonchev–Trinajstić information content (AvgIpc) is 3.63. The Labute approximate surface area is 275 Å². The number of fused-ring (bicyclic) bond motifs is 1. The van der Waals surface area contributed by atoms with Gasteiger partial charge in [-0.05, 0) is 86.0 Å². The highest BCUT2D eigenvalue weighted by molar-refractivity contribution is 14.2. The second-order valence-electron chi connectivity index (χ2n) is 10.1. The summed E-state index contributed by atoms with van der Waals surface area (Å²) in [4.78, 5) is 42.6. The van der Waals surface area contributed by atoms with E-state index < -0.39 is 28.5 Å². The van der Waals surface area contributed by atoms with Crippen LogP contribution in [0.2, 0.25) is 0 Å². The average molecular weight is 760 g/mol. The number of nitriles is 1. The first-order chi connectivity index (χ1) is 20.9. The Morgan fingerprint density at radius 1 is 1.27 bits per heavy atom. The van der Waals surface area contributed by atoms with Gasteiger partial charge in [-0.1, -0.05) is 11.3 Å². The van der Waals surface area contributed by atoms with Crippen LogP contribution in [0.5, 0.6) is 5.75 Å². The lowest BCUT2D eigenvalue weighted by molar-refractivity contribution is -0.129. The van der Waals surface area contributed by atoms with Crippen LogP contribution in [0, 0.1) is 24.1 Å². The topological polar surface area (TPSA) is 157 Å². The molecule has 0 saturated heterocycles. The third kappa shape index (κ3) is 8.25. The van der Waals surface area contributed by atoms with E-state index in [2.05, 4.69) is 25.3 Å². The Kier molecular flexibility index (Phi) is 14.0. The van der Waals surface area contributed by atoms with Crippen molar-refractivity contribution in [2.75, 3.05) is 13.7 Å². The Morgan fingerprint density at radius 2 is 1.91 bits per heavy atom. The number of aliphatic hydroxyl groups excluding tert-OH is 1. The molecule has 0 unspecified atom stereocenters. The molecule has 0 aliphatic carbocycles. The zero-order valence-electron chi connectivity index (χ0n) is 25.2. The number of hydrogen-bond acceptors (Lipinski definition) is 10. The summed E-state index contributed by atoms with van der Waals surface area (Å²) in [5.41, 5.74) is -1.54. The fraction of sp³-hybridized carbons (Fsp3) is 0.429. The lowest BCUT2D eigenvalue weighted by atomic mass is 10.0. The van der Waals surface area contributed by atoms with Crippen molar-refractivity contribution in [1.29, 1.82) is 5.26 Å². The highest BCUT2D eigenvalue weighted by Gasteiger charge is 2.35. The van der Waals surface area contributed by atoms with Gasteiger partial charge in [0.05, 0.1) is 44.0 Å². The monoisotopic (exact) mass is 759 g/mol. The Bertz CT molecular complexity index is 1730. The molecule has 0 bridgehead atoms. The Hall–Kier alpha value is -3.27. The number of amides is 1. The maximum absolute atomic E-state index is 14.0. The lowest BCUT2D eigenvalue weighted by Crippen LogP contribution is -2.56. The maximum Gasteiger partial charge on any atom is 0.333 e. The van der Waals surface area contributed by atoms with Gasteiger partial charge >= 0.3 is 5.69 Å². The molecule has 4 rings (SSSR count). The minimum absolute atomic E-state index is 0.0174. The first-order valence-electron chi connectivity index (χ1n) is 13.3. The van der Waals surface area contributed by atoms with E-state index in [1.165, 1.54) is 72.3 Å². The molecule has 2 N–H and O–H groups in total. The number of aromatic nitrogens is 5. The number of hydrogen-bond donors (Lipinski definition) is 3. The van der Waals surface area contributed by atoms with Crippen molar-refractivity contribution in [1.82, 2.24) is 29.4 Å². The fourth-order valence-electron chi connectivity index (χ4n) is 4.30. The fourth-order valence-corrected chi connectivity index (χ4v) is 5.54. The summed E-state index contributed by atoms with van der Waals surface area (Å²) in [5, 5.41) is 27.5. The molecular formula is C28H35FIN7O5S2. The minimum Gasteiger partial charge on any atom is -0.496 e. The second kappa shape index (κ2) is 16.7. The van der Waals surface area contributed by atoms with E-state index in [0.717, 1.165) is 4.57 Å². The van der Waals surface area contributed by atoms with Crippen LogP contribution in [0.25, 0.3) is 15.2 Å². The number of nitrogens with zero attached hydrogens (tertiary/aromatic N) is 6. The first-order valence-corrected chi connectivity index (χ1v) is 17.4. The van der Waals surface area contributed by atoms with E-state index in [1.807, 2.05) is 21.2 Å². The molecule has 16 heteroatoms. The Morgan fingerprint density at radius 3 is 2.43 bits per heavy atom. The SMILES string of the molecule is COc1ccc(F)cc1CCn1c(=O)n(C(C)(C)C(=O)NC(C)C)c(=O)c2c(C)c(-n3nccn3)sc21.N#CCCO.SI. The number of benzene rings is 1. The van der Waals surface area contributed by atoms with Crippen LogP contribution in [0.4, 0.5) is 4.39 Å². The summed E-state index contributed by atoms with van der Waals surface area (Å²) in [6, 6.07) is 5.77. The van der Waals surface area contributed by atoms with Crippen LogP contribution in [0.3, 0.4) is 0 Å². The number of carbonyl (C=O) groups is 1. The van der Waals surface area contributed by atoms with E-state index in [-0.39, 0.29) is 32.0 Å². The number of halogens is 2. The number of nitrogens with one attached hydrogen (secondary N) is 1. The summed E-state index contributed by atoms with van der Waals surface area (Å²) in [6.45, 7) is 8.54. The molecule has 0 fully saturated rings. The highest BCUT2D eigenvalue weighted by atomic mass is 127. The number of rotatable bonds is 9. The molecule has 0 aliphatic rings. The molecule has 4 aromatic rings. The summed E-state index contributed by atoms with van der Waals surface area (Å²) in [7, 11) is 4.99. The van der Waals surface area contributed by atoms with Gasteiger partial charge in [0.15, 0.2) is 0 Å². The van der Waals surface area contributed by atoms with Crippen molar-refractivity contribution in [2.24, 2.45) is 0 Å². The predicted octanol–water partition coefficient (Wildman–Crippen LogP) is 3.92. The number of ether oxygens (including phenoxy) is 1. The zero-order chi connectivity index (χ0) is 33.2. The predicted molar refractivity (Wildman–Crippen MR) is 180 cm³/mol. The van der Waals surface area contributed by atoms with Gasteiger partial charge in [-0.2, -0.15) is 15.5 Å². The van der Waals surface area contributed by atoms with Crippen LogP contribution < -0.4 is 21.3 Å². The normalized spacial score (nSPS) is 10.9. The van der Waals surface area contributed by atoms with E-state index in [9.17, 15) is 18.8 Å². The van der Waals surface area contributed by atoms with E-state index in [0.29, 0.717) is 32.1 Å². The van der Waals surface area contributed by atoms with Gasteiger partial charge in [0, 0.05) is 18.2 Å². The van der Waals surface area contributed by atoms with Gasteiger partial charge in [-0.3, -0.25) is 14.2 Å². The largest absolute Gasteiger partial charge is 0.496 e. The number of methoxy groups -OCH3 is 1. The van der Waals surface area contributed by atoms with Crippen molar-refractivity contribution in [2.45, 2.75) is 65.6 Å². The first kappa shape index (κ1) is 36.9. The number of thiophene rings is 1. The van der Waals surface area contributed by atoms with Crippen LogP contribution in [0.1, 0.15) is 45.2 Å². The van der Waals surface area contributed by atoms with Crippen molar-refractivity contribution < 1.29 is 19.0 Å². The smallest absolute Gasteiger partial charge is 0.333 e. The summed E-state index contributed by atoms with van der Waals surface area (Å²) in [5.74, 6) is -0.399. The molecule has 0 spiro atoms. The summed E-state index contributed by atoms with van der Waals surface area (Å²) in [6.07, 6.45) is 3.54.